The first-order valence-corrected chi connectivity index (χ1v) is 5.24. The Bertz CT molecular complexity index is 428. The maximum atomic E-state index is 13.1. The molecule has 1 aromatic carbocycles. The minimum atomic E-state index is -0.351. The fraction of sp³-hybridized carbons (Fsp3) is 0.417. The molecule has 1 saturated carbocycles. The topological polar surface area (TPSA) is 26.3 Å². The molecule has 1 fully saturated rings. The summed E-state index contributed by atoms with van der Waals surface area (Å²) >= 11 is 0. The van der Waals surface area contributed by atoms with Gasteiger partial charge < -0.3 is 4.74 Å². The van der Waals surface area contributed by atoms with Crippen molar-refractivity contribution in [3.05, 3.63) is 29.6 Å². The van der Waals surface area contributed by atoms with Crippen molar-refractivity contribution >= 4 is 5.78 Å². The molecule has 2 atom stereocenters. The van der Waals surface area contributed by atoms with Crippen LogP contribution in [0.5, 0.6) is 5.75 Å². The minimum Gasteiger partial charge on any atom is -0.482 e. The first-order chi connectivity index (χ1) is 7.25. The average Bonchev–Trinajstić information content (AvgIpc) is 2.58. The van der Waals surface area contributed by atoms with Gasteiger partial charge in [-0.2, -0.15) is 0 Å². The molecule has 78 valence electrons. The van der Waals surface area contributed by atoms with Crippen LogP contribution in [0.15, 0.2) is 18.2 Å². The van der Waals surface area contributed by atoms with E-state index in [0.29, 0.717) is 12.2 Å². The molecule has 1 aliphatic carbocycles. The molecule has 3 heteroatoms. The lowest BCUT2D eigenvalue weighted by molar-refractivity contribution is -0.127. The van der Waals surface area contributed by atoms with E-state index in [2.05, 4.69) is 0 Å². The van der Waals surface area contributed by atoms with Crippen molar-refractivity contribution in [2.24, 2.45) is 0 Å². The third kappa shape index (κ3) is 1.26. The van der Waals surface area contributed by atoms with Gasteiger partial charge in [0.2, 0.25) is 0 Å². The number of halogens is 1. The largest absolute Gasteiger partial charge is 0.482 e. The van der Waals surface area contributed by atoms with Crippen LogP contribution in [0.1, 0.15) is 30.7 Å². The Kier molecular flexibility index (Phi) is 1.81. The van der Waals surface area contributed by atoms with Crippen molar-refractivity contribution in [2.45, 2.75) is 31.3 Å². The van der Waals surface area contributed by atoms with Crippen LogP contribution in [-0.2, 0) is 4.79 Å². The standard InChI is InChI=1S/C12H11FO2/c13-7-4-5-11-9(6-7)8-2-1-3-10(14)12(8)15-11/h4-6,8,12H,1-3H2. The lowest BCUT2D eigenvalue weighted by Gasteiger charge is -2.22. The predicted octanol–water partition coefficient (Wildman–Crippen LogP) is 2.42. The normalized spacial score (nSPS) is 28.2. The Morgan fingerprint density at radius 3 is 3.13 bits per heavy atom. The van der Waals surface area contributed by atoms with Gasteiger partial charge in [0.15, 0.2) is 11.9 Å². The van der Waals surface area contributed by atoms with Crippen molar-refractivity contribution in [3.63, 3.8) is 0 Å². The van der Waals surface area contributed by atoms with Crippen LogP contribution in [0, 0.1) is 5.82 Å². The molecule has 0 radical (unpaired) electrons. The summed E-state index contributed by atoms with van der Waals surface area (Å²) < 4.78 is 18.6. The molecule has 1 heterocycles. The van der Waals surface area contributed by atoms with E-state index in [1.54, 1.807) is 6.07 Å². The number of carbonyl (C=O) groups is 1. The zero-order chi connectivity index (χ0) is 10.4. The molecule has 0 N–H and O–H groups in total. The Morgan fingerprint density at radius 1 is 1.40 bits per heavy atom. The molecular weight excluding hydrogens is 195 g/mol. The monoisotopic (exact) mass is 206 g/mol. The zero-order valence-corrected chi connectivity index (χ0v) is 8.20. The summed E-state index contributed by atoms with van der Waals surface area (Å²) in [5, 5.41) is 0. The molecule has 1 aliphatic heterocycles. The lowest BCUT2D eigenvalue weighted by atomic mass is 9.82. The Hall–Kier alpha value is -1.38. The second-order valence-electron chi connectivity index (χ2n) is 4.19. The van der Waals surface area contributed by atoms with E-state index in [-0.39, 0.29) is 23.6 Å². The summed E-state index contributed by atoms with van der Waals surface area (Å²) in [5.74, 6) is 0.664. The molecular formula is C12H11FO2. The quantitative estimate of drug-likeness (QED) is 0.651. The summed E-state index contributed by atoms with van der Waals surface area (Å²) in [6, 6.07) is 4.50. The smallest absolute Gasteiger partial charge is 0.173 e. The highest BCUT2D eigenvalue weighted by Gasteiger charge is 2.41. The van der Waals surface area contributed by atoms with Gasteiger partial charge in [0, 0.05) is 17.9 Å². The number of benzene rings is 1. The van der Waals surface area contributed by atoms with E-state index in [1.807, 2.05) is 0 Å². The molecule has 2 unspecified atom stereocenters. The Balaban J connectivity index is 2.05. The van der Waals surface area contributed by atoms with E-state index in [1.165, 1.54) is 12.1 Å². The summed E-state index contributed by atoms with van der Waals surface area (Å²) in [7, 11) is 0. The maximum absolute atomic E-state index is 13.1. The number of fused-ring (bicyclic) bond motifs is 3. The molecule has 15 heavy (non-hydrogen) atoms. The molecule has 3 rings (SSSR count). The number of hydrogen-bond acceptors (Lipinski definition) is 2. The fourth-order valence-corrected chi connectivity index (χ4v) is 2.53. The molecule has 1 aromatic rings. The van der Waals surface area contributed by atoms with Gasteiger partial charge in [0.25, 0.3) is 0 Å². The number of hydrogen-bond donors (Lipinski definition) is 0. The van der Waals surface area contributed by atoms with Crippen LogP contribution in [0.4, 0.5) is 4.39 Å². The number of ketones is 1. The van der Waals surface area contributed by atoms with E-state index in [0.717, 1.165) is 18.4 Å². The van der Waals surface area contributed by atoms with Crippen LogP contribution < -0.4 is 4.74 Å². The summed E-state index contributed by atoms with van der Waals surface area (Å²) in [4.78, 5) is 11.6. The highest BCUT2D eigenvalue weighted by atomic mass is 19.1. The Morgan fingerprint density at radius 2 is 2.27 bits per heavy atom. The van der Waals surface area contributed by atoms with E-state index in [4.69, 9.17) is 4.74 Å². The minimum absolute atomic E-state index is 0.0805. The van der Waals surface area contributed by atoms with E-state index >= 15 is 0 Å². The highest BCUT2D eigenvalue weighted by Crippen LogP contribution is 2.44. The summed E-state index contributed by atoms with van der Waals surface area (Å²) in [6.07, 6.45) is 2.06. The highest BCUT2D eigenvalue weighted by molar-refractivity contribution is 5.86. The molecule has 0 amide bonds. The van der Waals surface area contributed by atoms with Gasteiger partial charge in [-0.25, -0.2) is 4.39 Å². The van der Waals surface area contributed by atoms with Crippen LogP contribution in [0.3, 0.4) is 0 Å². The van der Waals surface area contributed by atoms with Crippen molar-refractivity contribution in [1.82, 2.24) is 0 Å². The number of ether oxygens (including phenoxy) is 1. The predicted molar refractivity (Wildman–Crippen MR) is 52.4 cm³/mol. The first-order valence-electron chi connectivity index (χ1n) is 5.24. The lowest BCUT2D eigenvalue weighted by Crippen LogP contribution is -2.32. The number of rotatable bonds is 0. The van der Waals surface area contributed by atoms with Gasteiger partial charge in [-0.15, -0.1) is 0 Å². The van der Waals surface area contributed by atoms with Crippen LogP contribution in [-0.4, -0.2) is 11.9 Å². The van der Waals surface area contributed by atoms with Crippen LogP contribution in [0.25, 0.3) is 0 Å². The molecule has 2 nitrogen and oxygen atoms in total. The third-order valence-corrected chi connectivity index (χ3v) is 3.25. The second-order valence-corrected chi connectivity index (χ2v) is 4.19. The third-order valence-electron chi connectivity index (χ3n) is 3.25. The van der Waals surface area contributed by atoms with Crippen molar-refractivity contribution < 1.29 is 13.9 Å². The molecule has 0 aromatic heterocycles. The van der Waals surface area contributed by atoms with Crippen LogP contribution >= 0.6 is 0 Å². The van der Waals surface area contributed by atoms with Crippen molar-refractivity contribution in [2.75, 3.05) is 0 Å². The van der Waals surface area contributed by atoms with Gasteiger partial charge in [-0.05, 0) is 31.0 Å². The van der Waals surface area contributed by atoms with E-state index in [9.17, 15) is 9.18 Å². The van der Waals surface area contributed by atoms with Crippen molar-refractivity contribution in [3.8, 4) is 5.75 Å². The fourth-order valence-electron chi connectivity index (χ4n) is 2.53. The summed E-state index contributed by atoms with van der Waals surface area (Å²) in [6.45, 7) is 0. The van der Waals surface area contributed by atoms with Gasteiger partial charge in [-0.1, -0.05) is 0 Å². The summed E-state index contributed by atoms with van der Waals surface area (Å²) in [5.41, 5.74) is 0.869. The van der Waals surface area contributed by atoms with Crippen molar-refractivity contribution in [1.29, 1.82) is 0 Å². The van der Waals surface area contributed by atoms with E-state index < -0.39 is 0 Å². The van der Waals surface area contributed by atoms with Crippen LogP contribution in [0.2, 0.25) is 0 Å². The Labute approximate surface area is 87.0 Å². The van der Waals surface area contributed by atoms with Gasteiger partial charge in [0.1, 0.15) is 11.6 Å². The first kappa shape index (κ1) is 8.89. The van der Waals surface area contributed by atoms with Gasteiger partial charge in [0.05, 0.1) is 0 Å². The maximum Gasteiger partial charge on any atom is 0.173 e. The zero-order valence-electron chi connectivity index (χ0n) is 8.20. The molecule has 0 bridgehead atoms. The van der Waals surface area contributed by atoms with Gasteiger partial charge in [-0.3, -0.25) is 4.79 Å². The van der Waals surface area contributed by atoms with Gasteiger partial charge >= 0.3 is 0 Å². The second kappa shape index (κ2) is 3.05. The number of carbonyl (C=O) groups excluding carboxylic acids is 1. The molecule has 2 aliphatic rings. The SMILES string of the molecule is O=C1CCCC2c3cc(F)ccc3OC12. The number of Topliss-reactive ketones (excluding diaryl/α,β-unsaturated/α-hetero) is 1. The molecule has 0 spiro atoms. The molecule has 0 saturated heterocycles. The average molecular weight is 206 g/mol.